The summed E-state index contributed by atoms with van der Waals surface area (Å²) in [6, 6.07) is 15.7. The topological polar surface area (TPSA) is 80.3 Å². The molecule has 6 nitrogen and oxygen atoms in total. The number of nitrogens with zero attached hydrogens (tertiary/aromatic N) is 1. The number of benzene rings is 2. The molecule has 2 N–H and O–H groups in total. The van der Waals surface area contributed by atoms with E-state index in [1.165, 1.54) is 16.2 Å². The van der Waals surface area contributed by atoms with Gasteiger partial charge in [0.2, 0.25) is 0 Å². The molecule has 0 saturated heterocycles. The van der Waals surface area contributed by atoms with Crippen LogP contribution in [0.15, 0.2) is 58.8 Å². The van der Waals surface area contributed by atoms with Crippen molar-refractivity contribution in [2.45, 2.75) is 31.7 Å². The van der Waals surface area contributed by atoms with E-state index in [1.54, 1.807) is 36.2 Å². The lowest BCUT2D eigenvalue weighted by atomic mass is 10.1. The fraction of sp³-hybridized carbons (Fsp3) is 0.261. The quantitative estimate of drug-likeness (QED) is 0.322. The molecule has 2 aromatic carbocycles. The fourth-order valence-corrected chi connectivity index (χ4v) is 4.33. The van der Waals surface area contributed by atoms with E-state index >= 15 is 0 Å². The number of hydrogen-bond acceptors (Lipinski definition) is 7. The Morgan fingerprint density at radius 1 is 1.10 bits per heavy atom. The van der Waals surface area contributed by atoms with Crippen molar-refractivity contribution in [3.05, 3.63) is 70.7 Å². The molecule has 0 aliphatic rings. The second-order valence-electron chi connectivity index (χ2n) is 6.56. The number of nitrogens with one attached hydrogen (secondary N) is 2. The smallest absolute Gasteiger partial charge is 0.311 e. The summed E-state index contributed by atoms with van der Waals surface area (Å²) in [5, 5.41) is 8.45. The van der Waals surface area contributed by atoms with E-state index in [9.17, 15) is 9.59 Å². The number of thioether (sulfide) groups is 1. The summed E-state index contributed by atoms with van der Waals surface area (Å²) in [5.41, 5.74) is 3.33. The summed E-state index contributed by atoms with van der Waals surface area (Å²) in [6.07, 6.45) is 0.0990. The highest BCUT2D eigenvalue weighted by atomic mass is 32.2. The lowest BCUT2D eigenvalue weighted by Gasteiger charge is -2.11. The summed E-state index contributed by atoms with van der Waals surface area (Å²) in [6.45, 7) is 4.91. The van der Waals surface area contributed by atoms with Crippen molar-refractivity contribution in [3.63, 3.8) is 0 Å². The Morgan fingerprint density at radius 3 is 2.61 bits per heavy atom. The third kappa shape index (κ3) is 6.83. The maximum Gasteiger partial charge on any atom is 0.311 e. The number of ether oxygens (including phenoxy) is 1. The van der Waals surface area contributed by atoms with Crippen molar-refractivity contribution >= 4 is 45.8 Å². The van der Waals surface area contributed by atoms with Crippen LogP contribution in [-0.2, 0) is 22.5 Å². The van der Waals surface area contributed by atoms with Crippen molar-refractivity contribution < 1.29 is 14.3 Å². The van der Waals surface area contributed by atoms with Crippen LogP contribution in [0.4, 0.5) is 10.8 Å². The molecule has 1 aromatic heterocycles. The number of para-hydroxylation sites is 1. The van der Waals surface area contributed by atoms with Crippen molar-refractivity contribution in [1.82, 2.24) is 4.98 Å². The van der Waals surface area contributed by atoms with Gasteiger partial charge >= 0.3 is 5.97 Å². The predicted octanol–water partition coefficient (Wildman–Crippen LogP) is 5.23. The van der Waals surface area contributed by atoms with Gasteiger partial charge in [-0.15, -0.1) is 23.1 Å². The molecule has 0 saturated carbocycles. The molecule has 0 aliphatic heterocycles. The van der Waals surface area contributed by atoms with Gasteiger partial charge in [0.25, 0.3) is 5.91 Å². The van der Waals surface area contributed by atoms with Crippen LogP contribution in [0.2, 0.25) is 0 Å². The normalized spacial score (nSPS) is 10.5. The standard InChI is InChI=1S/C23H25N3O3S2/c1-3-29-21(27)13-18-15-31-23(25-18)26-22(28)17-11-9-16(10-12-17)14-24-19-7-5-6-8-20(19)30-4-2/h5-12,15,24H,3-4,13-14H2,1-2H3,(H,25,26,28). The van der Waals surface area contributed by atoms with Crippen LogP contribution in [0, 0.1) is 0 Å². The average molecular weight is 456 g/mol. The molecule has 0 aliphatic carbocycles. The van der Waals surface area contributed by atoms with Gasteiger partial charge in [-0.3, -0.25) is 14.9 Å². The molecule has 0 atom stereocenters. The van der Waals surface area contributed by atoms with Gasteiger partial charge in [-0.2, -0.15) is 0 Å². The van der Waals surface area contributed by atoms with E-state index in [-0.39, 0.29) is 18.3 Å². The molecular formula is C23H25N3O3S2. The van der Waals surface area contributed by atoms with Crippen LogP contribution >= 0.6 is 23.1 Å². The van der Waals surface area contributed by atoms with Crippen LogP contribution in [0.3, 0.4) is 0 Å². The van der Waals surface area contributed by atoms with E-state index in [4.69, 9.17) is 4.74 Å². The zero-order valence-corrected chi connectivity index (χ0v) is 19.1. The Kier molecular flexibility index (Phi) is 8.49. The molecule has 0 fully saturated rings. The van der Waals surface area contributed by atoms with E-state index in [0.29, 0.717) is 29.5 Å². The molecule has 0 radical (unpaired) electrons. The van der Waals surface area contributed by atoms with Crippen LogP contribution < -0.4 is 10.6 Å². The number of anilines is 2. The molecule has 0 unspecified atom stereocenters. The minimum atomic E-state index is -0.328. The summed E-state index contributed by atoms with van der Waals surface area (Å²) in [5.74, 6) is 0.457. The number of amides is 1. The third-order valence-corrected chi connectivity index (χ3v) is 6.05. The Morgan fingerprint density at radius 2 is 1.87 bits per heavy atom. The van der Waals surface area contributed by atoms with Crippen molar-refractivity contribution in [3.8, 4) is 0 Å². The van der Waals surface area contributed by atoms with Crippen LogP contribution in [0.5, 0.6) is 0 Å². The summed E-state index contributed by atoms with van der Waals surface area (Å²) in [7, 11) is 0. The average Bonchev–Trinajstić information content (AvgIpc) is 3.20. The van der Waals surface area contributed by atoms with Crippen LogP contribution in [-0.4, -0.2) is 29.2 Å². The first-order valence-corrected chi connectivity index (χ1v) is 11.9. The molecule has 31 heavy (non-hydrogen) atoms. The van der Waals surface area contributed by atoms with Gasteiger partial charge in [0.1, 0.15) is 0 Å². The Labute approximate surface area is 190 Å². The molecular weight excluding hydrogens is 430 g/mol. The fourth-order valence-electron chi connectivity index (χ4n) is 2.84. The number of hydrogen-bond donors (Lipinski definition) is 2. The first kappa shape index (κ1) is 22.8. The highest BCUT2D eigenvalue weighted by Crippen LogP contribution is 2.27. The monoisotopic (exact) mass is 455 g/mol. The number of rotatable bonds is 10. The molecule has 0 spiro atoms. The highest BCUT2D eigenvalue weighted by Gasteiger charge is 2.12. The van der Waals surface area contributed by atoms with E-state index in [1.807, 2.05) is 24.3 Å². The number of carbonyl (C=O) groups excluding carboxylic acids is 2. The molecule has 162 valence electrons. The first-order chi connectivity index (χ1) is 15.1. The van der Waals surface area contributed by atoms with E-state index < -0.39 is 0 Å². The van der Waals surface area contributed by atoms with Gasteiger partial charge in [0.15, 0.2) is 5.13 Å². The Bertz CT molecular complexity index is 1020. The number of esters is 1. The molecule has 3 aromatic rings. The Balaban J connectivity index is 1.55. The first-order valence-electron chi connectivity index (χ1n) is 10.0. The van der Waals surface area contributed by atoms with Gasteiger partial charge < -0.3 is 10.1 Å². The van der Waals surface area contributed by atoms with Gasteiger partial charge in [0.05, 0.1) is 18.7 Å². The zero-order valence-electron chi connectivity index (χ0n) is 17.5. The minimum absolute atomic E-state index is 0.0990. The van der Waals surface area contributed by atoms with Crippen molar-refractivity contribution in [1.29, 1.82) is 0 Å². The molecule has 0 bridgehead atoms. The summed E-state index contributed by atoms with van der Waals surface area (Å²) in [4.78, 5) is 29.5. The van der Waals surface area contributed by atoms with Crippen LogP contribution in [0.25, 0.3) is 0 Å². The second kappa shape index (κ2) is 11.5. The van der Waals surface area contributed by atoms with Gasteiger partial charge in [-0.05, 0) is 42.5 Å². The molecule has 8 heteroatoms. The van der Waals surface area contributed by atoms with Gasteiger partial charge in [-0.1, -0.05) is 31.2 Å². The van der Waals surface area contributed by atoms with Gasteiger partial charge in [0, 0.05) is 28.1 Å². The zero-order chi connectivity index (χ0) is 22.1. The maximum atomic E-state index is 12.5. The molecule has 1 amide bonds. The Hall–Kier alpha value is -2.84. The largest absolute Gasteiger partial charge is 0.466 e. The third-order valence-electron chi connectivity index (χ3n) is 4.29. The van der Waals surface area contributed by atoms with Crippen LogP contribution in [0.1, 0.15) is 35.5 Å². The molecule has 1 heterocycles. The SMILES string of the molecule is CCOC(=O)Cc1csc(NC(=O)c2ccc(CNc3ccccc3SCC)cc2)n1. The lowest BCUT2D eigenvalue weighted by molar-refractivity contribution is -0.142. The van der Waals surface area contributed by atoms with Crippen molar-refractivity contribution in [2.24, 2.45) is 0 Å². The summed E-state index contributed by atoms with van der Waals surface area (Å²) >= 11 is 3.09. The summed E-state index contributed by atoms with van der Waals surface area (Å²) < 4.78 is 4.92. The minimum Gasteiger partial charge on any atom is -0.466 e. The molecule has 3 rings (SSSR count). The highest BCUT2D eigenvalue weighted by molar-refractivity contribution is 7.99. The number of carbonyl (C=O) groups is 2. The number of thiazole rings is 1. The second-order valence-corrected chi connectivity index (χ2v) is 8.72. The van der Waals surface area contributed by atoms with Gasteiger partial charge in [-0.25, -0.2) is 4.98 Å². The van der Waals surface area contributed by atoms with Crippen molar-refractivity contribution in [2.75, 3.05) is 23.0 Å². The maximum absolute atomic E-state index is 12.5. The lowest BCUT2D eigenvalue weighted by Crippen LogP contribution is -2.12. The van der Waals surface area contributed by atoms with E-state index in [2.05, 4.69) is 34.7 Å². The predicted molar refractivity (Wildman–Crippen MR) is 127 cm³/mol. The number of aromatic nitrogens is 1. The van der Waals surface area contributed by atoms with E-state index in [0.717, 1.165) is 17.0 Å².